The Morgan fingerprint density at radius 3 is 2.04 bits per heavy atom. The SMILES string of the molecule is O=C(O)/C(=C\c1ccc(OCc2ccccc2)cc1)c1ccccc1. The molecule has 0 aliphatic carbocycles. The predicted molar refractivity (Wildman–Crippen MR) is 99.2 cm³/mol. The molecule has 0 saturated carbocycles. The van der Waals surface area contributed by atoms with E-state index in [0.29, 0.717) is 12.2 Å². The number of ether oxygens (including phenoxy) is 1. The van der Waals surface area contributed by atoms with Crippen LogP contribution in [-0.2, 0) is 11.4 Å². The van der Waals surface area contributed by atoms with Crippen LogP contribution in [0.5, 0.6) is 5.75 Å². The molecule has 124 valence electrons. The van der Waals surface area contributed by atoms with Crippen molar-refractivity contribution in [1.82, 2.24) is 0 Å². The summed E-state index contributed by atoms with van der Waals surface area (Å²) in [6.45, 7) is 0.500. The minimum absolute atomic E-state index is 0.263. The van der Waals surface area contributed by atoms with E-state index in [1.807, 2.05) is 72.8 Å². The zero-order valence-electron chi connectivity index (χ0n) is 13.6. The quantitative estimate of drug-likeness (QED) is 0.517. The van der Waals surface area contributed by atoms with Crippen LogP contribution in [0, 0.1) is 0 Å². The van der Waals surface area contributed by atoms with Crippen molar-refractivity contribution in [2.24, 2.45) is 0 Å². The molecule has 0 aliphatic rings. The van der Waals surface area contributed by atoms with E-state index in [1.165, 1.54) is 0 Å². The van der Waals surface area contributed by atoms with Gasteiger partial charge in [-0.15, -0.1) is 0 Å². The Morgan fingerprint density at radius 1 is 0.840 bits per heavy atom. The zero-order chi connectivity index (χ0) is 17.5. The van der Waals surface area contributed by atoms with Gasteiger partial charge in [-0.05, 0) is 34.9 Å². The summed E-state index contributed by atoms with van der Waals surface area (Å²) in [5, 5.41) is 9.46. The van der Waals surface area contributed by atoms with Crippen molar-refractivity contribution < 1.29 is 14.6 Å². The maximum atomic E-state index is 11.5. The Balaban J connectivity index is 1.74. The van der Waals surface area contributed by atoms with Crippen LogP contribution in [0.1, 0.15) is 16.7 Å². The summed E-state index contributed by atoms with van der Waals surface area (Å²) in [5.74, 6) is -0.201. The van der Waals surface area contributed by atoms with Crippen molar-refractivity contribution in [3.63, 3.8) is 0 Å². The number of benzene rings is 3. The van der Waals surface area contributed by atoms with Gasteiger partial charge in [0, 0.05) is 0 Å². The van der Waals surface area contributed by atoms with Gasteiger partial charge in [-0.2, -0.15) is 0 Å². The number of hydrogen-bond donors (Lipinski definition) is 1. The standard InChI is InChI=1S/C22H18O3/c23-22(24)21(19-9-5-2-6-10-19)15-17-11-13-20(14-12-17)25-16-18-7-3-1-4-8-18/h1-15H,16H2,(H,23,24)/b21-15-. The topological polar surface area (TPSA) is 46.5 Å². The number of rotatable bonds is 6. The summed E-state index contributed by atoms with van der Waals surface area (Å²) in [6, 6.07) is 26.4. The lowest BCUT2D eigenvalue weighted by Crippen LogP contribution is -1.99. The van der Waals surface area contributed by atoms with Gasteiger partial charge in [-0.25, -0.2) is 4.79 Å². The Hall–Kier alpha value is -3.33. The molecule has 0 atom stereocenters. The Morgan fingerprint density at radius 2 is 1.44 bits per heavy atom. The molecule has 0 radical (unpaired) electrons. The first-order valence-electron chi connectivity index (χ1n) is 7.99. The van der Waals surface area contributed by atoms with Crippen LogP contribution in [-0.4, -0.2) is 11.1 Å². The smallest absolute Gasteiger partial charge is 0.336 e. The van der Waals surface area contributed by atoms with E-state index in [-0.39, 0.29) is 5.57 Å². The summed E-state index contributed by atoms with van der Waals surface area (Å²) in [6.07, 6.45) is 1.67. The Labute approximate surface area is 146 Å². The second-order valence-corrected chi connectivity index (χ2v) is 5.57. The lowest BCUT2D eigenvalue weighted by Gasteiger charge is -2.07. The molecule has 3 aromatic carbocycles. The first-order valence-corrected chi connectivity index (χ1v) is 7.99. The van der Waals surface area contributed by atoms with Crippen LogP contribution in [0.25, 0.3) is 11.6 Å². The van der Waals surface area contributed by atoms with Crippen LogP contribution in [0.4, 0.5) is 0 Å². The fourth-order valence-corrected chi connectivity index (χ4v) is 2.45. The molecule has 3 nitrogen and oxygen atoms in total. The van der Waals surface area contributed by atoms with Gasteiger partial charge in [0.15, 0.2) is 0 Å². The molecule has 0 fully saturated rings. The summed E-state index contributed by atoms with van der Waals surface area (Å²) in [4.78, 5) is 11.5. The maximum absolute atomic E-state index is 11.5. The molecule has 0 amide bonds. The van der Waals surface area contributed by atoms with Crippen LogP contribution in [0.15, 0.2) is 84.9 Å². The van der Waals surface area contributed by atoms with Gasteiger partial charge in [-0.1, -0.05) is 72.8 Å². The summed E-state index contributed by atoms with van der Waals surface area (Å²) < 4.78 is 5.75. The minimum Gasteiger partial charge on any atom is -0.489 e. The fraction of sp³-hybridized carbons (Fsp3) is 0.0455. The van der Waals surface area contributed by atoms with Crippen molar-refractivity contribution in [1.29, 1.82) is 0 Å². The van der Waals surface area contributed by atoms with Gasteiger partial charge < -0.3 is 9.84 Å². The average Bonchev–Trinajstić information content (AvgIpc) is 2.66. The zero-order valence-corrected chi connectivity index (χ0v) is 13.6. The summed E-state index contributed by atoms with van der Waals surface area (Å²) in [7, 11) is 0. The van der Waals surface area contributed by atoms with Crippen molar-refractivity contribution in [3.05, 3.63) is 102 Å². The third-order valence-corrected chi connectivity index (χ3v) is 3.75. The summed E-state index contributed by atoms with van der Waals surface area (Å²) in [5.41, 5.74) is 2.86. The second kappa shape index (κ2) is 7.97. The van der Waals surface area contributed by atoms with Crippen LogP contribution < -0.4 is 4.74 Å². The van der Waals surface area contributed by atoms with E-state index >= 15 is 0 Å². The molecule has 3 rings (SSSR count). The number of hydrogen-bond acceptors (Lipinski definition) is 2. The third-order valence-electron chi connectivity index (χ3n) is 3.75. The second-order valence-electron chi connectivity index (χ2n) is 5.57. The first-order chi connectivity index (χ1) is 12.2. The lowest BCUT2D eigenvalue weighted by atomic mass is 10.0. The molecule has 3 heteroatoms. The highest BCUT2D eigenvalue weighted by atomic mass is 16.5. The molecule has 0 saturated heterocycles. The predicted octanol–water partition coefficient (Wildman–Crippen LogP) is 4.89. The van der Waals surface area contributed by atoms with Crippen molar-refractivity contribution in [3.8, 4) is 5.75 Å². The van der Waals surface area contributed by atoms with Gasteiger partial charge in [0.05, 0.1) is 5.57 Å². The van der Waals surface area contributed by atoms with E-state index in [9.17, 15) is 9.90 Å². The lowest BCUT2D eigenvalue weighted by molar-refractivity contribution is -0.130. The van der Waals surface area contributed by atoms with Crippen LogP contribution in [0.3, 0.4) is 0 Å². The molecule has 3 aromatic rings. The van der Waals surface area contributed by atoms with E-state index in [4.69, 9.17) is 4.74 Å². The molecule has 0 heterocycles. The molecule has 0 unspecified atom stereocenters. The molecule has 0 aliphatic heterocycles. The fourth-order valence-electron chi connectivity index (χ4n) is 2.45. The molecular weight excluding hydrogens is 312 g/mol. The summed E-state index contributed by atoms with van der Waals surface area (Å²) >= 11 is 0. The Bertz CT molecular complexity index is 851. The van der Waals surface area contributed by atoms with Gasteiger partial charge in [0.25, 0.3) is 0 Å². The highest BCUT2D eigenvalue weighted by molar-refractivity contribution is 6.20. The average molecular weight is 330 g/mol. The van der Waals surface area contributed by atoms with Gasteiger partial charge in [-0.3, -0.25) is 0 Å². The normalized spacial score (nSPS) is 11.1. The monoisotopic (exact) mass is 330 g/mol. The maximum Gasteiger partial charge on any atom is 0.336 e. The molecule has 0 spiro atoms. The first kappa shape index (κ1) is 16.5. The molecule has 0 aromatic heterocycles. The van der Waals surface area contributed by atoms with Crippen LogP contribution in [0.2, 0.25) is 0 Å². The third kappa shape index (κ3) is 4.58. The van der Waals surface area contributed by atoms with E-state index in [2.05, 4.69) is 0 Å². The van der Waals surface area contributed by atoms with Crippen molar-refractivity contribution in [2.45, 2.75) is 6.61 Å². The number of carbonyl (C=O) groups is 1. The number of carboxylic acids is 1. The minimum atomic E-state index is -0.949. The largest absolute Gasteiger partial charge is 0.489 e. The van der Waals surface area contributed by atoms with Crippen LogP contribution >= 0.6 is 0 Å². The van der Waals surface area contributed by atoms with Crippen molar-refractivity contribution >= 4 is 17.6 Å². The molecular formula is C22H18O3. The molecule has 25 heavy (non-hydrogen) atoms. The highest BCUT2D eigenvalue weighted by Crippen LogP contribution is 2.21. The molecule has 1 N–H and O–H groups in total. The van der Waals surface area contributed by atoms with E-state index < -0.39 is 5.97 Å². The van der Waals surface area contributed by atoms with Crippen molar-refractivity contribution in [2.75, 3.05) is 0 Å². The van der Waals surface area contributed by atoms with Gasteiger partial charge in [0.2, 0.25) is 0 Å². The van der Waals surface area contributed by atoms with Gasteiger partial charge >= 0.3 is 5.97 Å². The molecule has 0 bridgehead atoms. The Kier molecular flexibility index (Phi) is 5.27. The number of aliphatic carboxylic acids is 1. The number of carboxylic acid groups (broad SMARTS) is 1. The van der Waals surface area contributed by atoms with E-state index in [0.717, 1.165) is 16.9 Å². The van der Waals surface area contributed by atoms with Gasteiger partial charge in [0.1, 0.15) is 12.4 Å². The highest BCUT2D eigenvalue weighted by Gasteiger charge is 2.09. The van der Waals surface area contributed by atoms with E-state index in [1.54, 1.807) is 18.2 Å².